The molecule has 3 aromatic heterocycles. The third-order valence-electron chi connectivity index (χ3n) is 4.20. The van der Waals surface area contributed by atoms with Gasteiger partial charge in [0.25, 0.3) is 5.91 Å². The van der Waals surface area contributed by atoms with Crippen molar-refractivity contribution in [1.29, 1.82) is 0 Å². The zero-order valence-corrected chi connectivity index (χ0v) is 14.4. The molecular weight excluding hydrogens is 342 g/mol. The molecule has 0 atom stereocenters. The number of pyridine rings is 1. The number of carbonyl (C=O) groups excluding carboxylic acids is 1. The molecule has 0 fully saturated rings. The van der Waals surface area contributed by atoms with Gasteiger partial charge in [0.05, 0.1) is 11.9 Å². The number of fused-ring (bicyclic) bond motifs is 1. The fourth-order valence-electron chi connectivity index (χ4n) is 2.83. The number of aromatic hydroxyl groups is 1. The van der Waals surface area contributed by atoms with Crippen molar-refractivity contribution in [1.82, 2.24) is 24.9 Å². The SMILES string of the molecule is O=C(NCCc1ccccc1)c1cnn2c(O)cc(-c3cccnc3)nc12. The first-order valence-corrected chi connectivity index (χ1v) is 8.52. The van der Waals surface area contributed by atoms with E-state index < -0.39 is 0 Å². The van der Waals surface area contributed by atoms with Gasteiger partial charge < -0.3 is 10.4 Å². The highest BCUT2D eigenvalue weighted by Crippen LogP contribution is 2.23. The van der Waals surface area contributed by atoms with Gasteiger partial charge in [0, 0.05) is 30.6 Å². The predicted octanol–water partition coefficient (Wildman–Crippen LogP) is 2.47. The van der Waals surface area contributed by atoms with Gasteiger partial charge in [-0.1, -0.05) is 30.3 Å². The van der Waals surface area contributed by atoms with Gasteiger partial charge in [0.15, 0.2) is 5.65 Å². The molecule has 4 rings (SSSR count). The summed E-state index contributed by atoms with van der Waals surface area (Å²) in [5, 5.41) is 17.2. The molecule has 7 nitrogen and oxygen atoms in total. The Bertz CT molecular complexity index is 1080. The number of carbonyl (C=O) groups is 1. The van der Waals surface area contributed by atoms with Crippen LogP contribution < -0.4 is 5.32 Å². The van der Waals surface area contributed by atoms with Crippen LogP contribution in [0.5, 0.6) is 5.88 Å². The summed E-state index contributed by atoms with van der Waals surface area (Å²) >= 11 is 0. The summed E-state index contributed by atoms with van der Waals surface area (Å²) in [6.07, 6.45) is 5.44. The monoisotopic (exact) mass is 359 g/mol. The van der Waals surface area contributed by atoms with Crippen LogP contribution in [-0.2, 0) is 6.42 Å². The van der Waals surface area contributed by atoms with E-state index in [2.05, 4.69) is 20.4 Å². The molecule has 0 saturated carbocycles. The van der Waals surface area contributed by atoms with E-state index in [1.165, 1.54) is 16.8 Å². The van der Waals surface area contributed by atoms with E-state index in [4.69, 9.17) is 0 Å². The molecular formula is C20H17N5O2. The molecule has 0 aliphatic heterocycles. The fraction of sp³-hybridized carbons (Fsp3) is 0.100. The Hall–Kier alpha value is -3.74. The van der Waals surface area contributed by atoms with Crippen molar-refractivity contribution in [3.63, 3.8) is 0 Å². The van der Waals surface area contributed by atoms with Gasteiger partial charge in [-0.3, -0.25) is 9.78 Å². The number of nitrogens with zero attached hydrogens (tertiary/aromatic N) is 4. The Morgan fingerprint density at radius 1 is 1.11 bits per heavy atom. The van der Waals surface area contributed by atoms with Crippen LogP contribution in [0.2, 0.25) is 0 Å². The molecule has 3 heterocycles. The van der Waals surface area contributed by atoms with Crippen molar-refractivity contribution in [3.8, 4) is 17.1 Å². The van der Waals surface area contributed by atoms with E-state index >= 15 is 0 Å². The van der Waals surface area contributed by atoms with Gasteiger partial charge in [0.1, 0.15) is 5.56 Å². The largest absolute Gasteiger partial charge is 0.493 e. The minimum Gasteiger partial charge on any atom is -0.493 e. The maximum absolute atomic E-state index is 12.6. The Labute approximate surface area is 155 Å². The molecule has 0 aliphatic rings. The van der Waals surface area contributed by atoms with Crippen molar-refractivity contribution < 1.29 is 9.90 Å². The van der Waals surface area contributed by atoms with Gasteiger partial charge in [-0.25, -0.2) is 4.98 Å². The van der Waals surface area contributed by atoms with E-state index in [0.717, 1.165) is 17.5 Å². The molecule has 0 saturated heterocycles. The molecule has 7 heteroatoms. The van der Waals surface area contributed by atoms with Crippen molar-refractivity contribution in [2.24, 2.45) is 0 Å². The van der Waals surface area contributed by atoms with E-state index in [1.807, 2.05) is 36.4 Å². The van der Waals surface area contributed by atoms with Crippen LogP contribution in [0.1, 0.15) is 15.9 Å². The van der Waals surface area contributed by atoms with Crippen LogP contribution in [0.15, 0.2) is 67.1 Å². The van der Waals surface area contributed by atoms with Crippen LogP contribution >= 0.6 is 0 Å². The van der Waals surface area contributed by atoms with Crippen molar-refractivity contribution >= 4 is 11.6 Å². The lowest BCUT2D eigenvalue weighted by molar-refractivity contribution is 0.0955. The Balaban J connectivity index is 1.58. The standard InChI is InChI=1S/C20H17N5O2/c26-18-11-17(15-7-4-9-21-12-15)24-19-16(13-23-25(18)19)20(27)22-10-8-14-5-2-1-3-6-14/h1-7,9,11-13,26H,8,10H2,(H,22,27). The number of aromatic nitrogens is 4. The number of amides is 1. The van der Waals surface area contributed by atoms with Crippen LogP contribution in [0.25, 0.3) is 16.9 Å². The lowest BCUT2D eigenvalue weighted by atomic mass is 10.1. The van der Waals surface area contributed by atoms with Crippen molar-refractivity contribution in [2.75, 3.05) is 6.54 Å². The molecule has 27 heavy (non-hydrogen) atoms. The summed E-state index contributed by atoms with van der Waals surface area (Å²) < 4.78 is 1.24. The molecule has 0 spiro atoms. The van der Waals surface area contributed by atoms with E-state index in [-0.39, 0.29) is 11.8 Å². The second kappa shape index (κ2) is 7.25. The number of hydrogen-bond acceptors (Lipinski definition) is 5. The molecule has 0 unspecified atom stereocenters. The quantitative estimate of drug-likeness (QED) is 0.571. The minimum absolute atomic E-state index is 0.0952. The fourth-order valence-corrected chi connectivity index (χ4v) is 2.83. The highest BCUT2D eigenvalue weighted by Gasteiger charge is 2.17. The summed E-state index contributed by atoms with van der Waals surface area (Å²) in [7, 11) is 0. The van der Waals surface area contributed by atoms with E-state index in [0.29, 0.717) is 23.4 Å². The predicted molar refractivity (Wildman–Crippen MR) is 100 cm³/mol. The number of nitrogens with one attached hydrogen (secondary N) is 1. The van der Waals surface area contributed by atoms with Gasteiger partial charge >= 0.3 is 0 Å². The molecule has 4 aromatic rings. The Morgan fingerprint density at radius 2 is 1.96 bits per heavy atom. The highest BCUT2D eigenvalue weighted by atomic mass is 16.3. The maximum Gasteiger partial charge on any atom is 0.256 e. The molecule has 0 aliphatic carbocycles. The summed E-state index contributed by atoms with van der Waals surface area (Å²) in [5.74, 6) is -0.377. The number of hydrogen-bond donors (Lipinski definition) is 2. The second-order valence-corrected chi connectivity index (χ2v) is 6.03. The smallest absolute Gasteiger partial charge is 0.256 e. The summed E-state index contributed by atoms with van der Waals surface area (Å²) in [6, 6.07) is 15.0. The molecule has 0 bridgehead atoms. The Kier molecular flexibility index (Phi) is 4.49. The third kappa shape index (κ3) is 3.48. The van der Waals surface area contributed by atoms with Crippen LogP contribution in [0, 0.1) is 0 Å². The molecule has 1 amide bonds. The van der Waals surface area contributed by atoms with Gasteiger partial charge in [-0.2, -0.15) is 9.61 Å². The second-order valence-electron chi connectivity index (χ2n) is 6.03. The van der Waals surface area contributed by atoms with Gasteiger partial charge in [0.2, 0.25) is 5.88 Å². The molecule has 134 valence electrons. The average molecular weight is 359 g/mol. The topological polar surface area (TPSA) is 92.4 Å². The Morgan fingerprint density at radius 3 is 2.74 bits per heavy atom. The first-order valence-electron chi connectivity index (χ1n) is 8.52. The van der Waals surface area contributed by atoms with Gasteiger partial charge in [-0.15, -0.1) is 0 Å². The summed E-state index contributed by atoms with van der Waals surface area (Å²) in [5.41, 5.74) is 3.02. The van der Waals surface area contributed by atoms with Crippen molar-refractivity contribution in [2.45, 2.75) is 6.42 Å². The first-order chi connectivity index (χ1) is 13.2. The normalized spacial score (nSPS) is 10.8. The lowest BCUT2D eigenvalue weighted by Gasteiger charge is -2.06. The minimum atomic E-state index is -0.281. The lowest BCUT2D eigenvalue weighted by Crippen LogP contribution is -2.25. The summed E-state index contributed by atoms with van der Waals surface area (Å²) in [6.45, 7) is 0.495. The van der Waals surface area contributed by atoms with E-state index in [1.54, 1.807) is 18.5 Å². The van der Waals surface area contributed by atoms with Gasteiger partial charge in [-0.05, 0) is 24.1 Å². The maximum atomic E-state index is 12.6. The summed E-state index contributed by atoms with van der Waals surface area (Å²) in [4.78, 5) is 21.1. The third-order valence-corrected chi connectivity index (χ3v) is 4.20. The van der Waals surface area contributed by atoms with E-state index in [9.17, 15) is 9.90 Å². The first kappa shape index (κ1) is 16.7. The average Bonchev–Trinajstić information content (AvgIpc) is 3.14. The molecule has 1 aromatic carbocycles. The molecule has 2 N–H and O–H groups in total. The van der Waals surface area contributed by atoms with Crippen LogP contribution in [-0.4, -0.2) is 37.1 Å². The number of benzene rings is 1. The van der Waals surface area contributed by atoms with Crippen molar-refractivity contribution in [3.05, 3.63) is 78.2 Å². The van der Waals surface area contributed by atoms with Crippen LogP contribution in [0.3, 0.4) is 0 Å². The zero-order chi connectivity index (χ0) is 18.6. The zero-order valence-electron chi connectivity index (χ0n) is 14.4. The highest BCUT2D eigenvalue weighted by molar-refractivity contribution is 6.00. The number of rotatable bonds is 5. The molecule has 0 radical (unpaired) electrons. The van der Waals surface area contributed by atoms with Crippen LogP contribution in [0.4, 0.5) is 0 Å².